The number of rotatable bonds is 3. The summed E-state index contributed by atoms with van der Waals surface area (Å²) >= 11 is 9.26. The second-order valence-corrected chi connectivity index (χ2v) is 6.46. The molecular weight excluding hydrogens is 394 g/mol. The van der Waals surface area contributed by atoms with E-state index in [4.69, 9.17) is 11.6 Å². The zero-order valence-corrected chi connectivity index (χ0v) is 14.8. The number of hydrogen-bond donors (Lipinski definition) is 2. The Balaban J connectivity index is 1.75. The molecule has 3 rings (SSSR count). The van der Waals surface area contributed by atoms with Gasteiger partial charge in [-0.1, -0.05) is 33.6 Å². The lowest BCUT2D eigenvalue weighted by Gasteiger charge is -2.28. The lowest BCUT2D eigenvalue weighted by atomic mass is 10.2. The number of carbonyl (C=O) groups excluding carboxylic acids is 2. The van der Waals surface area contributed by atoms with E-state index < -0.39 is 0 Å². The van der Waals surface area contributed by atoms with Crippen molar-refractivity contribution in [2.75, 3.05) is 10.3 Å². The minimum absolute atomic E-state index is 0.140. The average Bonchev–Trinajstić information content (AvgIpc) is 2.56. The van der Waals surface area contributed by atoms with E-state index in [1.165, 1.54) is 5.01 Å². The summed E-state index contributed by atoms with van der Waals surface area (Å²) < 4.78 is 0.908. The molecule has 0 radical (unpaired) electrons. The van der Waals surface area contributed by atoms with Crippen LogP contribution < -0.4 is 15.8 Å². The van der Waals surface area contributed by atoms with Crippen molar-refractivity contribution in [2.45, 2.75) is 6.42 Å². The molecule has 0 aromatic heterocycles. The smallest absolute Gasteiger partial charge is 0.273 e. The van der Waals surface area contributed by atoms with Gasteiger partial charge in [0, 0.05) is 21.6 Å². The summed E-state index contributed by atoms with van der Waals surface area (Å²) in [6, 6.07) is 14.1. The highest BCUT2D eigenvalue weighted by atomic mass is 79.9. The van der Waals surface area contributed by atoms with E-state index in [0.717, 1.165) is 4.47 Å². The van der Waals surface area contributed by atoms with Crippen LogP contribution in [0, 0.1) is 0 Å². The van der Waals surface area contributed by atoms with E-state index in [2.05, 4.69) is 26.7 Å². The monoisotopic (exact) mass is 405 g/mol. The van der Waals surface area contributed by atoms with Crippen molar-refractivity contribution in [1.29, 1.82) is 0 Å². The molecule has 122 valence electrons. The molecule has 0 unspecified atom stereocenters. The molecule has 0 aliphatic carbocycles. The number of hydrogen-bond acceptors (Lipinski definition) is 3. The van der Waals surface area contributed by atoms with E-state index in [1.807, 2.05) is 12.1 Å². The van der Waals surface area contributed by atoms with Gasteiger partial charge in [0.25, 0.3) is 5.91 Å². The molecular formula is C17H13BrClN3O2. The summed E-state index contributed by atoms with van der Waals surface area (Å²) in [7, 11) is 0. The molecule has 0 saturated heterocycles. The van der Waals surface area contributed by atoms with E-state index in [0.29, 0.717) is 22.1 Å². The first kappa shape index (κ1) is 16.5. The van der Waals surface area contributed by atoms with E-state index in [9.17, 15) is 9.59 Å². The number of anilines is 2. The maximum atomic E-state index is 12.4. The van der Waals surface area contributed by atoms with Gasteiger partial charge in [-0.3, -0.25) is 15.0 Å². The second kappa shape index (κ2) is 7.07. The van der Waals surface area contributed by atoms with Gasteiger partial charge in [-0.25, -0.2) is 5.01 Å². The number of amides is 2. The summed E-state index contributed by atoms with van der Waals surface area (Å²) in [5, 5.41) is 4.64. The predicted octanol–water partition coefficient (Wildman–Crippen LogP) is 3.87. The highest BCUT2D eigenvalue weighted by Gasteiger charge is 2.24. The average molecular weight is 407 g/mol. The molecule has 1 heterocycles. The molecule has 0 bridgehead atoms. The van der Waals surface area contributed by atoms with Crippen LogP contribution in [0.5, 0.6) is 0 Å². The Labute approximate surface area is 152 Å². The molecule has 2 aromatic rings. The number of carbonyl (C=O) groups is 2. The van der Waals surface area contributed by atoms with Crippen molar-refractivity contribution in [3.05, 3.63) is 69.8 Å². The van der Waals surface area contributed by atoms with Crippen LogP contribution in [-0.2, 0) is 9.59 Å². The first-order chi connectivity index (χ1) is 11.5. The zero-order chi connectivity index (χ0) is 17.1. The fourth-order valence-electron chi connectivity index (χ4n) is 2.22. The van der Waals surface area contributed by atoms with Crippen LogP contribution in [0.4, 0.5) is 11.4 Å². The Morgan fingerprint density at radius 1 is 1.21 bits per heavy atom. The normalized spacial score (nSPS) is 14.0. The van der Waals surface area contributed by atoms with Gasteiger partial charge in [0.15, 0.2) is 0 Å². The molecule has 1 aliphatic rings. The highest BCUT2D eigenvalue weighted by Crippen LogP contribution is 2.21. The minimum Gasteiger partial charge on any atom is -0.321 e. The lowest BCUT2D eigenvalue weighted by molar-refractivity contribution is -0.119. The Kier molecular flexibility index (Phi) is 4.87. The maximum absolute atomic E-state index is 12.4. The molecule has 0 fully saturated rings. The molecule has 0 atom stereocenters. The molecule has 2 N–H and O–H groups in total. The Bertz CT molecular complexity index is 821. The molecule has 2 amide bonds. The van der Waals surface area contributed by atoms with Crippen LogP contribution in [0.1, 0.15) is 6.42 Å². The highest BCUT2D eigenvalue weighted by molar-refractivity contribution is 9.10. The SMILES string of the molecule is O=C(Nc1cccc(Cl)c1)C1=CCC(=O)N(c2ccc(Br)cc2)N1. The standard InChI is InChI=1S/C17H13BrClN3O2/c18-11-4-6-14(7-5-11)22-16(23)9-8-15(21-22)17(24)20-13-3-1-2-12(19)10-13/h1-8,10,21H,9H2,(H,20,24). The third kappa shape index (κ3) is 3.77. The van der Waals surface area contributed by atoms with Crippen LogP contribution in [0.3, 0.4) is 0 Å². The van der Waals surface area contributed by atoms with Crippen molar-refractivity contribution in [2.24, 2.45) is 0 Å². The Morgan fingerprint density at radius 3 is 2.67 bits per heavy atom. The first-order valence-electron chi connectivity index (χ1n) is 7.15. The largest absolute Gasteiger partial charge is 0.321 e. The third-order valence-corrected chi connectivity index (χ3v) is 4.14. The van der Waals surface area contributed by atoms with Crippen LogP contribution >= 0.6 is 27.5 Å². The number of nitrogens with zero attached hydrogens (tertiary/aromatic N) is 1. The molecule has 2 aromatic carbocycles. The van der Waals surface area contributed by atoms with Crippen molar-refractivity contribution in [3.63, 3.8) is 0 Å². The van der Waals surface area contributed by atoms with Gasteiger partial charge in [-0.15, -0.1) is 0 Å². The van der Waals surface area contributed by atoms with Crippen LogP contribution in [0.25, 0.3) is 0 Å². The van der Waals surface area contributed by atoms with Crippen molar-refractivity contribution >= 4 is 50.7 Å². The molecule has 0 spiro atoms. The molecule has 1 aliphatic heterocycles. The summed E-state index contributed by atoms with van der Waals surface area (Å²) in [5.41, 5.74) is 4.40. The van der Waals surface area contributed by atoms with Gasteiger partial charge in [-0.2, -0.15) is 0 Å². The molecule has 24 heavy (non-hydrogen) atoms. The summed E-state index contributed by atoms with van der Waals surface area (Å²) in [6.07, 6.45) is 1.71. The van der Waals surface area contributed by atoms with Gasteiger partial charge in [0.05, 0.1) is 5.69 Å². The number of benzene rings is 2. The fourth-order valence-corrected chi connectivity index (χ4v) is 2.67. The van der Waals surface area contributed by atoms with Crippen molar-refractivity contribution in [1.82, 2.24) is 5.43 Å². The lowest BCUT2D eigenvalue weighted by Crippen LogP contribution is -2.47. The quantitative estimate of drug-likeness (QED) is 0.813. The predicted molar refractivity (Wildman–Crippen MR) is 97.5 cm³/mol. The number of nitrogens with one attached hydrogen (secondary N) is 2. The Morgan fingerprint density at radius 2 is 1.96 bits per heavy atom. The summed E-state index contributed by atoms with van der Waals surface area (Å²) in [6.45, 7) is 0. The number of halogens is 2. The minimum atomic E-state index is -0.341. The van der Waals surface area contributed by atoms with Crippen molar-refractivity contribution < 1.29 is 9.59 Å². The Hall–Kier alpha value is -2.31. The topological polar surface area (TPSA) is 61.4 Å². The number of hydrazine groups is 1. The maximum Gasteiger partial charge on any atom is 0.273 e. The molecule has 7 heteroatoms. The van der Waals surface area contributed by atoms with Crippen molar-refractivity contribution in [3.8, 4) is 0 Å². The van der Waals surface area contributed by atoms with Crippen LogP contribution in [-0.4, -0.2) is 11.8 Å². The van der Waals surface area contributed by atoms with Gasteiger partial charge < -0.3 is 5.32 Å². The summed E-state index contributed by atoms with van der Waals surface area (Å²) in [5.74, 6) is -0.483. The molecule has 5 nitrogen and oxygen atoms in total. The summed E-state index contributed by atoms with van der Waals surface area (Å²) in [4.78, 5) is 24.5. The third-order valence-electron chi connectivity index (χ3n) is 3.37. The van der Waals surface area contributed by atoms with Gasteiger partial charge in [-0.05, 0) is 48.5 Å². The van der Waals surface area contributed by atoms with Crippen LogP contribution in [0.15, 0.2) is 64.8 Å². The van der Waals surface area contributed by atoms with Gasteiger partial charge >= 0.3 is 0 Å². The van der Waals surface area contributed by atoms with Gasteiger partial charge in [0.2, 0.25) is 5.91 Å². The van der Waals surface area contributed by atoms with E-state index in [-0.39, 0.29) is 18.2 Å². The van der Waals surface area contributed by atoms with Gasteiger partial charge in [0.1, 0.15) is 5.70 Å². The molecule has 0 saturated carbocycles. The van der Waals surface area contributed by atoms with Crippen LogP contribution in [0.2, 0.25) is 5.02 Å². The van der Waals surface area contributed by atoms with E-state index in [1.54, 1.807) is 42.5 Å². The zero-order valence-electron chi connectivity index (χ0n) is 12.4. The fraction of sp³-hybridized carbons (Fsp3) is 0.0588. The second-order valence-electron chi connectivity index (χ2n) is 5.10. The van der Waals surface area contributed by atoms with E-state index >= 15 is 0 Å². The first-order valence-corrected chi connectivity index (χ1v) is 8.32.